The van der Waals surface area contributed by atoms with Crippen molar-refractivity contribution in [2.24, 2.45) is 5.92 Å². The van der Waals surface area contributed by atoms with Gasteiger partial charge in [0.15, 0.2) is 0 Å². The summed E-state index contributed by atoms with van der Waals surface area (Å²) < 4.78 is 0. The van der Waals surface area contributed by atoms with E-state index in [4.69, 9.17) is 0 Å². The lowest BCUT2D eigenvalue weighted by Gasteiger charge is -2.38. The van der Waals surface area contributed by atoms with E-state index in [2.05, 4.69) is 39.9 Å². The summed E-state index contributed by atoms with van der Waals surface area (Å²) in [7, 11) is 2.20. The molecule has 2 unspecified atom stereocenters. The van der Waals surface area contributed by atoms with Crippen molar-refractivity contribution in [3.63, 3.8) is 0 Å². The first-order valence-electron chi connectivity index (χ1n) is 7.82. The predicted octanol–water partition coefficient (Wildman–Crippen LogP) is 3.75. The lowest BCUT2D eigenvalue weighted by atomic mass is 9.81. The lowest BCUT2D eigenvalue weighted by molar-refractivity contribution is 0.282. The minimum atomic E-state index is 0.622. The van der Waals surface area contributed by atoms with Gasteiger partial charge in [-0.3, -0.25) is 0 Å². The summed E-state index contributed by atoms with van der Waals surface area (Å²) in [5, 5.41) is 1.14. The molecule has 1 aliphatic rings. The molecule has 1 N–H and O–H groups in total. The Balaban J connectivity index is 1.90. The maximum Gasteiger partial charge on any atom is 0.142 e. The maximum atomic E-state index is 4.54. The average Bonchev–Trinajstić information content (AvgIpc) is 2.96. The monoisotopic (exact) mass is 272 g/mol. The number of rotatable bonds is 4. The third-order valence-electron chi connectivity index (χ3n) is 4.69. The van der Waals surface area contributed by atoms with Crippen LogP contribution in [0.3, 0.4) is 0 Å². The summed E-state index contributed by atoms with van der Waals surface area (Å²) >= 11 is 0. The number of nitrogens with one attached hydrogen (secondary N) is 1. The topological polar surface area (TPSA) is 44.8 Å². The molecule has 0 bridgehead atoms. The second kappa shape index (κ2) is 5.81. The number of H-pyrrole nitrogens is 1. The highest BCUT2D eigenvalue weighted by Crippen LogP contribution is 2.34. The Hall–Kier alpha value is -1.58. The number of fused-ring (bicyclic) bond motifs is 1. The van der Waals surface area contributed by atoms with Crippen LogP contribution in [0.2, 0.25) is 0 Å². The fourth-order valence-corrected chi connectivity index (χ4v) is 3.70. The summed E-state index contributed by atoms with van der Waals surface area (Å²) in [6.07, 6.45) is 11.6. The molecule has 0 spiro atoms. The molecular weight excluding hydrogens is 248 g/mol. The van der Waals surface area contributed by atoms with E-state index in [-0.39, 0.29) is 0 Å². The van der Waals surface area contributed by atoms with E-state index in [1.807, 2.05) is 6.20 Å². The van der Waals surface area contributed by atoms with E-state index < -0.39 is 0 Å². The van der Waals surface area contributed by atoms with E-state index >= 15 is 0 Å². The number of hydrogen-bond donors (Lipinski definition) is 1. The van der Waals surface area contributed by atoms with Gasteiger partial charge in [-0.15, -0.1) is 0 Å². The SMILES string of the molecule is CCCC1CCCCC1N(C)c1ncnc2[nH]ccc12. The Labute approximate surface area is 120 Å². The van der Waals surface area contributed by atoms with Crippen LogP contribution in [-0.4, -0.2) is 28.0 Å². The standard InChI is InChI=1S/C16H24N4/c1-3-6-12-7-4-5-8-14(12)20(2)16-13-9-10-17-15(13)18-11-19-16/h9-12,14H,3-8H2,1-2H3,(H,17,18,19). The Morgan fingerprint density at radius 1 is 1.30 bits per heavy atom. The van der Waals surface area contributed by atoms with Crippen LogP contribution in [0.4, 0.5) is 5.82 Å². The van der Waals surface area contributed by atoms with Gasteiger partial charge in [-0.1, -0.05) is 26.2 Å². The van der Waals surface area contributed by atoms with Gasteiger partial charge in [-0.25, -0.2) is 9.97 Å². The summed E-state index contributed by atoms with van der Waals surface area (Å²) in [4.78, 5) is 14.4. The Morgan fingerprint density at radius 3 is 3.00 bits per heavy atom. The maximum absolute atomic E-state index is 4.54. The third kappa shape index (κ3) is 2.39. The third-order valence-corrected chi connectivity index (χ3v) is 4.69. The average molecular weight is 272 g/mol. The molecule has 2 heterocycles. The zero-order valence-corrected chi connectivity index (χ0v) is 12.5. The van der Waals surface area contributed by atoms with Gasteiger partial charge < -0.3 is 9.88 Å². The van der Waals surface area contributed by atoms with Crippen molar-refractivity contribution < 1.29 is 0 Å². The molecule has 0 radical (unpaired) electrons. The van der Waals surface area contributed by atoms with Crippen molar-refractivity contribution in [2.75, 3.05) is 11.9 Å². The minimum absolute atomic E-state index is 0.622. The van der Waals surface area contributed by atoms with Crippen LogP contribution < -0.4 is 4.90 Å². The summed E-state index contributed by atoms with van der Waals surface area (Å²) in [5.41, 5.74) is 0.935. The van der Waals surface area contributed by atoms with Gasteiger partial charge in [0.1, 0.15) is 17.8 Å². The molecule has 20 heavy (non-hydrogen) atoms. The molecule has 1 fully saturated rings. The molecule has 3 rings (SSSR count). The zero-order valence-electron chi connectivity index (χ0n) is 12.5. The highest BCUT2D eigenvalue weighted by molar-refractivity contribution is 5.87. The Kier molecular flexibility index (Phi) is 3.90. The number of nitrogens with zero attached hydrogens (tertiary/aromatic N) is 3. The van der Waals surface area contributed by atoms with E-state index in [9.17, 15) is 0 Å². The van der Waals surface area contributed by atoms with Crippen LogP contribution in [0.5, 0.6) is 0 Å². The van der Waals surface area contributed by atoms with Gasteiger partial charge in [0.2, 0.25) is 0 Å². The first-order valence-corrected chi connectivity index (χ1v) is 7.82. The fraction of sp³-hybridized carbons (Fsp3) is 0.625. The predicted molar refractivity (Wildman–Crippen MR) is 82.9 cm³/mol. The van der Waals surface area contributed by atoms with Gasteiger partial charge in [0.05, 0.1) is 5.39 Å². The Bertz CT molecular complexity index is 560. The molecule has 2 atom stereocenters. The van der Waals surface area contributed by atoms with E-state index in [0.29, 0.717) is 6.04 Å². The molecule has 0 saturated heterocycles. The van der Waals surface area contributed by atoms with Crippen molar-refractivity contribution in [1.29, 1.82) is 0 Å². The molecule has 0 aliphatic heterocycles. The van der Waals surface area contributed by atoms with Crippen LogP contribution >= 0.6 is 0 Å². The highest BCUT2D eigenvalue weighted by atomic mass is 15.2. The first kappa shape index (κ1) is 13.4. The van der Waals surface area contributed by atoms with Crippen molar-refractivity contribution in [3.8, 4) is 0 Å². The molecule has 4 nitrogen and oxygen atoms in total. The Morgan fingerprint density at radius 2 is 2.15 bits per heavy atom. The van der Waals surface area contributed by atoms with Crippen molar-refractivity contribution in [3.05, 3.63) is 18.6 Å². The lowest BCUT2D eigenvalue weighted by Crippen LogP contribution is -2.40. The molecular formula is C16H24N4. The van der Waals surface area contributed by atoms with E-state index in [1.54, 1.807) is 6.33 Å². The quantitative estimate of drug-likeness (QED) is 0.922. The normalized spacial score (nSPS) is 23.1. The second-order valence-electron chi connectivity index (χ2n) is 5.95. The molecule has 108 valence electrons. The molecule has 0 aromatic carbocycles. The summed E-state index contributed by atoms with van der Waals surface area (Å²) in [6, 6.07) is 2.70. The largest absolute Gasteiger partial charge is 0.356 e. The molecule has 2 aromatic heterocycles. The number of hydrogen-bond acceptors (Lipinski definition) is 3. The molecule has 1 aliphatic carbocycles. The summed E-state index contributed by atoms with van der Waals surface area (Å²) in [5.74, 6) is 1.88. The fourth-order valence-electron chi connectivity index (χ4n) is 3.70. The molecule has 2 aromatic rings. The van der Waals surface area contributed by atoms with Crippen LogP contribution in [0.25, 0.3) is 11.0 Å². The van der Waals surface area contributed by atoms with Gasteiger partial charge >= 0.3 is 0 Å². The van der Waals surface area contributed by atoms with Crippen molar-refractivity contribution in [1.82, 2.24) is 15.0 Å². The van der Waals surface area contributed by atoms with Crippen molar-refractivity contribution >= 4 is 16.9 Å². The van der Waals surface area contributed by atoms with Crippen LogP contribution in [0, 0.1) is 5.92 Å². The smallest absolute Gasteiger partial charge is 0.142 e. The van der Waals surface area contributed by atoms with Gasteiger partial charge in [0, 0.05) is 19.3 Å². The number of anilines is 1. The van der Waals surface area contributed by atoms with E-state index in [0.717, 1.165) is 22.8 Å². The van der Waals surface area contributed by atoms with Gasteiger partial charge in [-0.05, 0) is 31.2 Å². The molecule has 0 amide bonds. The van der Waals surface area contributed by atoms with Gasteiger partial charge in [0.25, 0.3) is 0 Å². The number of aromatic nitrogens is 3. The van der Waals surface area contributed by atoms with Crippen LogP contribution in [0.15, 0.2) is 18.6 Å². The van der Waals surface area contributed by atoms with E-state index in [1.165, 1.54) is 38.5 Å². The first-order chi connectivity index (χ1) is 9.81. The number of aromatic amines is 1. The van der Waals surface area contributed by atoms with Crippen molar-refractivity contribution in [2.45, 2.75) is 51.5 Å². The zero-order chi connectivity index (χ0) is 13.9. The van der Waals surface area contributed by atoms with Crippen LogP contribution in [0.1, 0.15) is 45.4 Å². The van der Waals surface area contributed by atoms with Crippen LogP contribution in [-0.2, 0) is 0 Å². The minimum Gasteiger partial charge on any atom is -0.356 e. The second-order valence-corrected chi connectivity index (χ2v) is 5.95. The highest BCUT2D eigenvalue weighted by Gasteiger charge is 2.29. The summed E-state index contributed by atoms with van der Waals surface area (Å²) in [6.45, 7) is 2.29. The molecule has 4 heteroatoms. The molecule has 1 saturated carbocycles. The van der Waals surface area contributed by atoms with Gasteiger partial charge in [-0.2, -0.15) is 0 Å².